The Bertz CT molecular complexity index is 1000. The SMILES string of the molecule is Oc1ccc2ccccc2c1C[NH+]1CCC[C@@H]1c1ccc2c(c1)OCCCO2. The van der Waals surface area contributed by atoms with E-state index in [4.69, 9.17) is 9.47 Å². The zero-order chi connectivity index (χ0) is 18.9. The van der Waals surface area contributed by atoms with Crippen molar-refractivity contribution in [2.24, 2.45) is 0 Å². The molecule has 2 aliphatic heterocycles. The first-order chi connectivity index (χ1) is 13.8. The molecule has 28 heavy (non-hydrogen) atoms. The maximum atomic E-state index is 10.6. The molecule has 0 bridgehead atoms. The summed E-state index contributed by atoms with van der Waals surface area (Å²) in [7, 11) is 0. The van der Waals surface area contributed by atoms with Gasteiger partial charge >= 0.3 is 0 Å². The van der Waals surface area contributed by atoms with Gasteiger partial charge in [0, 0.05) is 24.8 Å². The molecule has 0 saturated carbocycles. The Morgan fingerprint density at radius 1 is 0.929 bits per heavy atom. The fourth-order valence-electron chi connectivity index (χ4n) is 4.66. The van der Waals surface area contributed by atoms with Crippen LogP contribution in [0.5, 0.6) is 17.2 Å². The Morgan fingerprint density at radius 3 is 2.71 bits per heavy atom. The Labute approximate surface area is 165 Å². The summed E-state index contributed by atoms with van der Waals surface area (Å²) in [5.41, 5.74) is 2.35. The summed E-state index contributed by atoms with van der Waals surface area (Å²) in [5.74, 6) is 2.12. The zero-order valence-corrected chi connectivity index (χ0v) is 16.0. The second-order valence-electron chi connectivity index (χ2n) is 7.82. The van der Waals surface area contributed by atoms with Crippen molar-refractivity contribution in [2.75, 3.05) is 19.8 Å². The van der Waals surface area contributed by atoms with Gasteiger partial charge in [-0.25, -0.2) is 0 Å². The third kappa shape index (κ3) is 3.18. The summed E-state index contributed by atoms with van der Waals surface area (Å²) >= 11 is 0. The lowest BCUT2D eigenvalue weighted by atomic mass is 10.0. The van der Waals surface area contributed by atoms with Crippen LogP contribution in [0.15, 0.2) is 54.6 Å². The smallest absolute Gasteiger partial charge is 0.161 e. The average Bonchev–Trinajstić information content (AvgIpc) is 3.06. The van der Waals surface area contributed by atoms with Crippen molar-refractivity contribution in [3.63, 3.8) is 0 Å². The number of likely N-dealkylation sites (tertiary alicyclic amines) is 1. The first-order valence-electron chi connectivity index (χ1n) is 10.2. The van der Waals surface area contributed by atoms with Crippen molar-refractivity contribution >= 4 is 10.8 Å². The number of hydrogen-bond acceptors (Lipinski definition) is 3. The molecule has 0 radical (unpaired) electrons. The second kappa shape index (κ2) is 7.36. The van der Waals surface area contributed by atoms with E-state index in [1.54, 1.807) is 0 Å². The monoisotopic (exact) mass is 376 g/mol. The number of benzene rings is 3. The van der Waals surface area contributed by atoms with Crippen LogP contribution in [-0.4, -0.2) is 24.9 Å². The Kier molecular flexibility index (Phi) is 4.57. The van der Waals surface area contributed by atoms with E-state index in [-0.39, 0.29) is 0 Å². The lowest BCUT2D eigenvalue weighted by Crippen LogP contribution is -3.08. The van der Waals surface area contributed by atoms with Crippen LogP contribution in [-0.2, 0) is 6.54 Å². The molecule has 0 aliphatic carbocycles. The molecule has 3 aromatic rings. The van der Waals surface area contributed by atoms with Crippen LogP contribution in [0.4, 0.5) is 0 Å². The van der Waals surface area contributed by atoms with Crippen molar-refractivity contribution in [2.45, 2.75) is 31.8 Å². The van der Waals surface area contributed by atoms with Crippen molar-refractivity contribution in [1.82, 2.24) is 0 Å². The molecule has 0 spiro atoms. The van der Waals surface area contributed by atoms with Crippen molar-refractivity contribution < 1.29 is 19.5 Å². The molecule has 4 heteroatoms. The number of rotatable bonds is 3. The highest BCUT2D eigenvalue weighted by atomic mass is 16.5. The molecule has 1 fully saturated rings. The van der Waals surface area contributed by atoms with E-state index in [1.807, 2.05) is 24.3 Å². The van der Waals surface area contributed by atoms with Gasteiger partial charge in [-0.2, -0.15) is 0 Å². The number of aromatic hydroxyl groups is 1. The van der Waals surface area contributed by atoms with Gasteiger partial charge in [-0.3, -0.25) is 0 Å². The third-order valence-electron chi connectivity index (χ3n) is 6.08. The lowest BCUT2D eigenvalue weighted by Gasteiger charge is -2.23. The minimum absolute atomic E-state index is 0.399. The van der Waals surface area contributed by atoms with Gasteiger partial charge in [0.05, 0.1) is 25.3 Å². The lowest BCUT2D eigenvalue weighted by molar-refractivity contribution is -0.931. The largest absolute Gasteiger partial charge is 0.507 e. The summed E-state index contributed by atoms with van der Waals surface area (Å²) in [6.45, 7) is 3.36. The van der Waals surface area contributed by atoms with Gasteiger partial charge < -0.3 is 19.5 Å². The zero-order valence-electron chi connectivity index (χ0n) is 16.0. The number of quaternary nitrogens is 1. The van der Waals surface area contributed by atoms with Crippen LogP contribution in [0, 0.1) is 0 Å². The molecule has 3 aromatic carbocycles. The molecule has 0 amide bonds. The first-order valence-corrected chi connectivity index (χ1v) is 10.2. The number of hydrogen-bond donors (Lipinski definition) is 2. The number of ether oxygens (including phenoxy) is 2. The van der Waals surface area contributed by atoms with Crippen LogP contribution in [0.2, 0.25) is 0 Å². The number of phenolic OH excluding ortho intramolecular Hbond substituents is 1. The van der Waals surface area contributed by atoms with Crippen LogP contribution >= 0.6 is 0 Å². The molecule has 0 aromatic heterocycles. The molecule has 1 saturated heterocycles. The van der Waals surface area contributed by atoms with Crippen molar-refractivity contribution in [3.8, 4) is 17.2 Å². The molecule has 1 unspecified atom stereocenters. The molecule has 144 valence electrons. The van der Waals surface area contributed by atoms with Crippen LogP contribution in [0.1, 0.15) is 36.4 Å². The summed E-state index contributed by atoms with van der Waals surface area (Å²) in [6, 6.07) is 19.0. The van der Waals surface area contributed by atoms with E-state index in [1.165, 1.54) is 22.3 Å². The van der Waals surface area contributed by atoms with Gasteiger partial charge in [0.2, 0.25) is 0 Å². The van der Waals surface area contributed by atoms with Crippen molar-refractivity contribution in [1.29, 1.82) is 0 Å². The highest BCUT2D eigenvalue weighted by molar-refractivity contribution is 5.87. The standard InChI is InChI=1S/C24H25NO3/c26-22-10-8-17-5-1-2-6-19(17)20(22)16-25-12-3-7-21(25)18-9-11-23-24(15-18)28-14-4-13-27-23/h1-2,5-6,8-11,15,21,26H,3-4,7,12-14,16H2/p+1/t21-/m1/s1. The van der Waals surface area contributed by atoms with E-state index >= 15 is 0 Å². The number of fused-ring (bicyclic) bond motifs is 2. The predicted molar refractivity (Wildman–Crippen MR) is 109 cm³/mol. The predicted octanol–water partition coefficient (Wildman–Crippen LogP) is 3.63. The minimum Gasteiger partial charge on any atom is -0.507 e. The number of phenols is 1. The normalized spacial score (nSPS) is 21.6. The second-order valence-corrected chi connectivity index (χ2v) is 7.82. The first kappa shape index (κ1) is 17.4. The fourth-order valence-corrected chi connectivity index (χ4v) is 4.66. The minimum atomic E-state index is 0.399. The van der Waals surface area contributed by atoms with Gasteiger partial charge in [0.25, 0.3) is 0 Å². The third-order valence-corrected chi connectivity index (χ3v) is 6.08. The van der Waals surface area contributed by atoms with Crippen molar-refractivity contribution in [3.05, 3.63) is 65.7 Å². The molecule has 5 rings (SSSR count). The topological polar surface area (TPSA) is 43.1 Å². The Hall–Kier alpha value is -2.72. The summed E-state index contributed by atoms with van der Waals surface area (Å²) < 4.78 is 11.7. The van der Waals surface area contributed by atoms with Gasteiger partial charge in [-0.15, -0.1) is 0 Å². The van der Waals surface area contributed by atoms with Crippen LogP contribution < -0.4 is 14.4 Å². The van der Waals surface area contributed by atoms with Gasteiger partial charge in [0.15, 0.2) is 11.5 Å². The molecule has 4 nitrogen and oxygen atoms in total. The summed E-state index contributed by atoms with van der Waals surface area (Å²) in [6.07, 6.45) is 3.27. The van der Waals surface area contributed by atoms with Gasteiger partial charge in [-0.05, 0) is 35.0 Å². The van der Waals surface area contributed by atoms with Crippen LogP contribution in [0.25, 0.3) is 10.8 Å². The maximum absolute atomic E-state index is 10.6. The highest BCUT2D eigenvalue weighted by Gasteiger charge is 2.32. The maximum Gasteiger partial charge on any atom is 0.161 e. The van der Waals surface area contributed by atoms with Gasteiger partial charge in [0.1, 0.15) is 18.3 Å². The molecule has 2 N–H and O–H groups in total. The summed E-state index contributed by atoms with van der Waals surface area (Å²) in [5, 5.41) is 12.9. The van der Waals surface area contributed by atoms with E-state index < -0.39 is 0 Å². The van der Waals surface area contributed by atoms with Crippen LogP contribution in [0.3, 0.4) is 0 Å². The molecular weight excluding hydrogens is 350 g/mol. The molecule has 2 atom stereocenters. The highest BCUT2D eigenvalue weighted by Crippen LogP contribution is 2.34. The molecular formula is C24H26NO3+. The Morgan fingerprint density at radius 2 is 1.79 bits per heavy atom. The van der Waals surface area contributed by atoms with Gasteiger partial charge in [-0.1, -0.05) is 30.3 Å². The quantitative estimate of drug-likeness (QED) is 0.734. The molecule has 2 heterocycles. The van der Waals surface area contributed by atoms with E-state index in [0.717, 1.165) is 48.4 Å². The fraction of sp³-hybridized carbons (Fsp3) is 0.333. The van der Waals surface area contributed by atoms with E-state index in [0.29, 0.717) is 25.0 Å². The average molecular weight is 376 g/mol. The molecule has 2 aliphatic rings. The Balaban J connectivity index is 1.46. The number of nitrogens with one attached hydrogen (secondary N) is 1. The van der Waals surface area contributed by atoms with E-state index in [9.17, 15) is 5.11 Å². The summed E-state index contributed by atoms with van der Waals surface area (Å²) in [4.78, 5) is 1.50. The van der Waals surface area contributed by atoms with E-state index in [2.05, 4.69) is 30.3 Å².